The molecule has 1 aliphatic carbocycles. The Morgan fingerprint density at radius 3 is 2.75 bits per heavy atom. The van der Waals surface area contributed by atoms with Crippen molar-refractivity contribution in [2.45, 2.75) is 32.1 Å². The Balaban J connectivity index is 1.67. The molecule has 9 heteroatoms. The summed E-state index contributed by atoms with van der Waals surface area (Å²) in [5, 5.41) is 9.65. The third kappa shape index (κ3) is 4.79. The van der Waals surface area contributed by atoms with Crippen molar-refractivity contribution in [2.75, 3.05) is 5.32 Å². The molecule has 148 valence electrons. The van der Waals surface area contributed by atoms with Crippen LogP contribution >= 0.6 is 0 Å². The minimum atomic E-state index is -2.81. The Labute approximate surface area is 159 Å². The molecule has 1 unspecified atom stereocenters. The highest BCUT2D eigenvalue weighted by Crippen LogP contribution is 2.39. The van der Waals surface area contributed by atoms with Crippen LogP contribution in [0.5, 0.6) is 0 Å². The lowest BCUT2D eigenvalue weighted by Crippen LogP contribution is -2.23. The number of H-pyrrole nitrogens is 1. The summed E-state index contributed by atoms with van der Waals surface area (Å²) in [6, 6.07) is 4.64. The number of aromatic amines is 1. The van der Waals surface area contributed by atoms with Gasteiger partial charge < -0.3 is 11.1 Å². The second-order valence-corrected chi connectivity index (χ2v) is 6.66. The van der Waals surface area contributed by atoms with Crippen LogP contribution < -0.4 is 11.1 Å². The molecule has 1 saturated carbocycles. The van der Waals surface area contributed by atoms with Crippen molar-refractivity contribution in [3.05, 3.63) is 53.1 Å². The molecular weight excluding hydrogens is 371 g/mol. The lowest BCUT2D eigenvalue weighted by atomic mass is 10.0. The van der Waals surface area contributed by atoms with Crippen LogP contribution in [0.1, 0.15) is 43.4 Å². The van der Waals surface area contributed by atoms with E-state index >= 15 is 0 Å². The standard InChI is InChI=1S/C19H20F3N5O/c1-10(19(28)25-17-7-16(26-27-17)11-2-3-11)13(8-23)9-24-15-5-12(18(21)22)4-14(20)6-15/h4-11,18H,2-3,23H2,1H3,(H2,25,26,27,28)/b13-8+,24-9?. The average Bonchev–Trinajstić information content (AvgIpc) is 3.41. The summed E-state index contributed by atoms with van der Waals surface area (Å²) in [5.41, 5.74) is 6.44. The van der Waals surface area contributed by atoms with Gasteiger partial charge in [0.25, 0.3) is 6.43 Å². The fourth-order valence-corrected chi connectivity index (χ4v) is 2.64. The fraction of sp³-hybridized carbons (Fsp3) is 0.316. The van der Waals surface area contributed by atoms with Crippen molar-refractivity contribution in [2.24, 2.45) is 16.6 Å². The predicted molar refractivity (Wildman–Crippen MR) is 100 cm³/mol. The number of nitrogens with one attached hydrogen (secondary N) is 2. The van der Waals surface area contributed by atoms with Gasteiger partial charge in [-0.15, -0.1) is 0 Å². The third-order valence-electron chi connectivity index (χ3n) is 4.47. The van der Waals surface area contributed by atoms with Crippen LogP contribution in [0.3, 0.4) is 0 Å². The first-order chi connectivity index (χ1) is 13.4. The molecule has 1 aromatic heterocycles. The number of aromatic nitrogens is 2. The summed E-state index contributed by atoms with van der Waals surface area (Å²) in [5.74, 6) is -0.966. The Morgan fingerprint density at radius 2 is 2.11 bits per heavy atom. The predicted octanol–water partition coefficient (Wildman–Crippen LogP) is 4.18. The van der Waals surface area contributed by atoms with Crippen LogP contribution in [0.4, 0.5) is 24.7 Å². The summed E-state index contributed by atoms with van der Waals surface area (Å²) < 4.78 is 39.0. The van der Waals surface area contributed by atoms with Crippen molar-refractivity contribution in [3.63, 3.8) is 0 Å². The minimum absolute atomic E-state index is 0.00337. The summed E-state index contributed by atoms with van der Waals surface area (Å²) in [7, 11) is 0. The van der Waals surface area contributed by atoms with E-state index in [4.69, 9.17) is 5.73 Å². The van der Waals surface area contributed by atoms with Gasteiger partial charge >= 0.3 is 0 Å². The van der Waals surface area contributed by atoms with E-state index in [1.807, 2.05) is 0 Å². The number of nitrogens with two attached hydrogens (primary N) is 1. The van der Waals surface area contributed by atoms with Crippen molar-refractivity contribution < 1.29 is 18.0 Å². The lowest BCUT2D eigenvalue weighted by Gasteiger charge is -2.11. The van der Waals surface area contributed by atoms with E-state index < -0.39 is 23.7 Å². The number of hydrogen-bond acceptors (Lipinski definition) is 4. The fourth-order valence-electron chi connectivity index (χ4n) is 2.64. The van der Waals surface area contributed by atoms with Gasteiger partial charge in [-0.05, 0) is 49.7 Å². The van der Waals surface area contributed by atoms with Gasteiger partial charge in [0.05, 0.1) is 11.6 Å². The SMILES string of the molecule is CC(C(=O)Nc1cc(C2CC2)[nH]n1)/C(C=Nc1cc(F)cc(C(F)F)c1)=C/N. The van der Waals surface area contributed by atoms with E-state index in [1.54, 1.807) is 13.0 Å². The number of anilines is 1. The molecule has 1 atom stereocenters. The van der Waals surface area contributed by atoms with Crippen LogP contribution in [0.15, 0.2) is 41.0 Å². The number of alkyl halides is 2. The molecule has 3 rings (SSSR count). The number of benzene rings is 1. The largest absolute Gasteiger partial charge is 0.404 e. The number of amides is 1. The molecule has 0 aliphatic heterocycles. The van der Waals surface area contributed by atoms with Gasteiger partial charge in [-0.2, -0.15) is 5.10 Å². The Bertz CT molecular complexity index is 918. The highest BCUT2D eigenvalue weighted by atomic mass is 19.3. The maximum Gasteiger partial charge on any atom is 0.264 e. The summed E-state index contributed by atoms with van der Waals surface area (Å²) >= 11 is 0. The van der Waals surface area contributed by atoms with Gasteiger partial charge in [-0.3, -0.25) is 14.9 Å². The summed E-state index contributed by atoms with van der Waals surface area (Å²) in [6.45, 7) is 1.62. The molecule has 1 aliphatic rings. The van der Waals surface area contributed by atoms with E-state index in [0.717, 1.165) is 36.7 Å². The maximum absolute atomic E-state index is 13.5. The van der Waals surface area contributed by atoms with Gasteiger partial charge in [0.1, 0.15) is 5.82 Å². The number of rotatable bonds is 7. The molecule has 4 N–H and O–H groups in total. The first kappa shape index (κ1) is 19.7. The quantitative estimate of drug-likeness (QED) is 0.618. The zero-order chi connectivity index (χ0) is 20.3. The number of halogens is 3. The smallest absolute Gasteiger partial charge is 0.264 e. The highest BCUT2D eigenvalue weighted by Gasteiger charge is 2.26. The molecule has 0 bridgehead atoms. The van der Waals surface area contributed by atoms with Crippen molar-refractivity contribution in [1.29, 1.82) is 0 Å². The molecule has 1 aromatic carbocycles. The van der Waals surface area contributed by atoms with Gasteiger partial charge in [0.2, 0.25) is 5.91 Å². The summed E-state index contributed by atoms with van der Waals surface area (Å²) in [6.07, 6.45) is 1.86. The molecule has 28 heavy (non-hydrogen) atoms. The molecule has 1 amide bonds. The van der Waals surface area contributed by atoms with Crippen molar-refractivity contribution >= 4 is 23.6 Å². The second-order valence-electron chi connectivity index (χ2n) is 6.66. The topological polar surface area (TPSA) is 96.2 Å². The highest BCUT2D eigenvalue weighted by molar-refractivity contribution is 5.98. The van der Waals surface area contributed by atoms with E-state index in [-0.39, 0.29) is 11.6 Å². The van der Waals surface area contributed by atoms with Crippen molar-refractivity contribution in [3.8, 4) is 0 Å². The van der Waals surface area contributed by atoms with Gasteiger partial charge in [-0.25, -0.2) is 13.2 Å². The molecule has 1 fully saturated rings. The Kier molecular flexibility index (Phi) is 5.81. The first-order valence-corrected chi connectivity index (χ1v) is 8.78. The molecule has 0 radical (unpaired) electrons. The zero-order valence-corrected chi connectivity index (χ0v) is 15.1. The van der Waals surface area contributed by atoms with Gasteiger partial charge in [0.15, 0.2) is 5.82 Å². The van der Waals surface area contributed by atoms with Gasteiger partial charge in [-0.1, -0.05) is 0 Å². The molecule has 2 aromatic rings. The first-order valence-electron chi connectivity index (χ1n) is 8.78. The number of carbonyl (C=O) groups is 1. The van der Waals surface area contributed by atoms with Crippen LogP contribution in [-0.4, -0.2) is 22.3 Å². The monoisotopic (exact) mass is 391 g/mol. The Hall–Kier alpha value is -3.10. The molecule has 0 saturated heterocycles. The normalized spacial score (nSPS) is 16.0. The lowest BCUT2D eigenvalue weighted by molar-refractivity contribution is -0.118. The molecular formula is C19H20F3N5O. The van der Waals surface area contributed by atoms with E-state index in [9.17, 15) is 18.0 Å². The van der Waals surface area contributed by atoms with Crippen LogP contribution in [0.2, 0.25) is 0 Å². The van der Waals surface area contributed by atoms with E-state index in [0.29, 0.717) is 17.3 Å². The van der Waals surface area contributed by atoms with E-state index in [1.165, 1.54) is 12.4 Å². The number of nitrogens with zero attached hydrogens (tertiary/aromatic N) is 2. The molecule has 0 spiro atoms. The summed E-state index contributed by atoms with van der Waals surface area (Å²) in [4.78, 5) is 16.4. The number of hydrogen-bond donors (Lipinski definition) is 3. The van der Waals surface area contributed by atoms with Gasteiger partial charge in [0, 0.05) is 29.5 Å². The number of carbonyl (C=O) groups excluding carboxylic acids is 1. The van der Waals surface area contributed by atoms with Crippen LogP contribution in [0.25, 0.3) is 0 Å². The third-order valence-corrected chi connectivity index (χ3v) is 4.47. The number of aliphatic imine (C=N–C) groups is 1. The zero-order valence-electron chi connectivity index (χ0n) is 15.1. The second kappa shape index (κ2) is 8.28. The Morgan fingerprint density at radius 1 is 1.36 bits per heavy atom. The molecule has 6 nitrogen and oxygen atoms in total. The van der Waals surface area contributed by atoms with Crippen LogP contribution in [0, 0.1) is 11.7 Å². The average molecular weight is 391 g/mol. The minimum Gasteiger partial charge on any atom is -0.404 e. The van der Waals surface area contributed by atoms with E-state index in [2.05, 4.69) is 20.5 Å². The van der Waals surface area contributed by atoms with Crippen molar-refractivity contribution in [1.82, 2.24) is 10.2 Å². The molecule has 1 heterocycles. The van der Waals surface area contributed by atoms with Crippen LogP contribution in [-0.2, 0) is 4.79 Å². The maximum atomic E-state index is 13.5.